The Kier molecular flexibility index (Phi) is 16.2. The van der Waals surface area contributed by atoms with Crippen LogP contribution < -0.4 is 38.9 Å². The fourth-order valence-electron chi connectivity index (χ4n) is 3.17. The zero-order valence-electron chi connectivity index (χ0n) is 21.4. The molecule has 0 spiro atoms. The van der Waals surface area contributed by atoms with Gasteiger partial charge in [-0.2, -0.15) is 0 Å². The molecule has 4 atom stereocenters. The first kappa shape index (κ1) is 33.5. The van der Waals surface area contributed by atoms with E-state index in [1.54, 1.807) is 13.8 Å². The summed E-state index contributed by atoms with van der Waals surface area (Å²) < 4.78 is 0. The van der Waals surface area contributed by atoms with Gasteiger partial charge < -0.3 is 49.1 Å². The van der Waals surface area contributed by atoms with Gasteiger partial charge in [0, 0.05) is 13.0 Å². The standard InChI is InChI=1S/C22H42N8O7/c1-12(2)17(24)20(35)29-13(6-3-4-10-23)18(33)28-14(7-5-11-27-22(25)26)19(34)30-15(21(36)37)8-9-16(31)32/h12-15,17H,3-11,23-24H2,1-2H3,(H,28,33)(H,29,35)(H,30,34)(H,31,32)(H,36,37)(H4,25,26,27). The third-order valence-corrected chi connectivity index (χ3v) is 5.44. The van der Waals surface area contributed by atoms with Gasteiger partial charge in [0.15, 0.2) is 5.96 Å². The van der Waals surface area contributed by atoms with Crippen LogP contribution in [0, 0.1) is 5.92 Å². The first-order valence-corrected chi connectivity index (χ1v) is 12.2. The van der Waals surface area contributed by atoms with Gasteiger partial charge in [-0.1, -0.05) is 13.8 Å². The van der Waals surface area contributed by atoms with Crippen LogP contribution in [0.25, 0.3) is 0 Å². The monoisotopic (exact) mass is 530 g/mol. The maximum absolute atomic E-state index is 13.1. The maximum atomic E-state index is 13.1. The van der Waals surface area contributed by atoms with Gasteiger partial charge in [-0.15, -0.1) is 0 Å². The fraction of sp³-hybridized carbons (Fsp3) is 0.727. The van der Waals surface area contributed by atoms with E-state index in [4.69, 9.17) is 28.0 Å². The number of carbonyl (C=O) groups excluding carboxylic acids is 3. The van der Waals surface area contributed by atoms with Crippen LogP contribution >= 0.6 is 0 Å². The molecule has 0 aliphatic heterocycles. The first-order valence-electron chi connectivity index (χ1n) is 12.2. The van der Waals surface area contributed by atoms with Crippen LogP contribution in [0.5, 0.6) is 0 Å². The Morgan fingerprint density at radius 1 is 0.784 bits per heavy atom. The molecule has 0 aromatic heterocycles. The number of nitrogens with two attached hydrogens (primary N) is 4. The predicted molar refractivity (Wildman–Crippen MR) is 136 cm³/mol. The van der Waals surface area contributed by atoms with E-state index in [-0.39, 0.29) is 44.1 Å². The summed E-state index contributed by atoms with van der Waals surface area (Å²) in [5, 5.41) is 25.6. The Morgan fingerprint density at radius 3 is 1.76 bits per heavy atom. The van der Waals surface area contributed by atoms with E-state index in [9.17, 15) is 29.1 Å². The van der Waals surface area contributed by atoms with Gasteiger partial charge in [0.05, 0.1) is 6.04 Å². The number of aliphatic carboxylic acids is 2. The van der Waals surface area contributed by atoms with Gasteiger partial charge in [0.25, 0.3) is 0 Å². The van der Waals surface area contributed by atoms with Crippen LogP contribution in [0.2, 0.25) is 0 Å². The third kappa shape index (κ3) is 14.6. The van der Waals surface area contributed by atoms with Crippen LogP contribution in [0.3, 0.4) is 0 Å². The van der Waals surface area contributed by atoms with Crippen LogP contribution in [-0.2, 0) is 24.0 Å². The van der Waals surface area contributed by atoms with Crippen LogP contribution in [0.15, 0.2) is 4.99 Å². The molecule has 0 aliphatic rings. The van der Waals surface area contributed by atoms with Gasteiger partial charge in [0.2, 0.25) is 17.7 Å². The highest BCUT2D eigenvalue weighted by Crippen LogP contribution is 2.07. The summed E-state index contributed by atoms with van der Waals surface area (Å²) in [7, 11) is 0. The molecule has 13 N–H and O–H groups in total. The average Bonchev–Trinajstić information content (AvgIpc) is 2.81. The number of carboxylic acid groups (broad SMARTS) is 2. The van der Waals surface area contributed by atoms with Crippen molar-refractivity contribution in [1.82, 2.24) is 16.0 Å². The van der Waals surface area contributed by atoms with Crippen molar-refractivity contribution in [2.75, 3.05) is 13.1 Å². The molecule has 212 valence electrons. The van der Waals surface area contributed by atoms with Crippen molar-refractivity contribution in [2.24, 2.45) is 33.8 Å². The normalized spacial score (nSPS) is 14.1. The minimum Gasteiger partial charge on any atom is -0.481 e. The number of carbonyl (C=O) groups is 5. The average molecular weight is 531 g/mol. The highest BCUT2D eigenvalue weighted by atomic mass is 16.4. The van der Waals surface area contributed by atoms with Crippen molar-refractivity contribution in [1.29, 1.82) is 0 Å². The van der Waals surface area contributed by atoms with E-state index in [1.165, 1.54) is 0 Å². The zero-order chi connectivity index (χ0) is 28.5. The lowest BCUT2D eigenvalue weighted by Crippen LogP contribution is -2.57. The maximum Gasteiger partial charge on any atom is 0.326 e. The Bertz CT molecular complexity index is 802. The molecule has 0 saturated carbocycles. The molecule has 0 fully saturated rings. The lowest BCUT2D eigenvalue weighted by Gasteiger charge is -2.25. The molecule has 37 heavy (non-hydrogen) atoms. The summed E-state index contributed by atoms with van der Waals surface area (Å²) in [4.78, 5) is 64.7. The van der Waals surface area contributed by atoms with Gasteiger partial charge in [-0.25, -0.2) is 4.79 Å². The van der Waals surface area contributed by atoms with E-state index >= 15 is 0 Å². The number of unbranched alkanes of at least 4 members (excludes halogenated alkanes) is 1. The van der Waals surface area contributed by atoms with Gasteiger partial charge >= 0.3 is 11.9 Å². The number of carboxylic acids is 2. The Balaban J connectivity index is 5.67. The van der Waals surface area contributed by atoms with Crippen molar-refractivity contribution < 1.29 is 34.2 Å². The lowest BCUT2D eigenvalue weighted by molar-refractivity contribution is -0.143. The Labute approximate surface area is 216 Å². The number of nitrogens with one attached hydrogen (secondary N) is 3. The molecule has 0 radical (unpaired) electrons. The molecule has 3 amide bonds. The molecule has 0 heterocycles. The number of rotatable bonds is 19. The third-order valence-electron chi connectivity index (χ3n) is 5.44. The van der Waals surface area contributed by atoms with E-state index in [1.807, 2.05) is 0 Å². The second-order valence-corrected chi connectivity index (χ2v) is 8.96. The molecular formula is C22H42N8O7. The minimum absolute atomic E-state index is 0.0363. The van der Waals surface area contributed by atoms with Crippen molar-refractivity contribution in [2.45, 2.75) is 83.0 Å². The summed E-state index contributed by atoms with van der Waals surface area (Å²) in [6.07, 6.45) is 0.810. The topological polar surface area (TPSA) is 278 Å². The molecule has 0 bridgehead atoms. The second kappa shape index (κ2) is 17.9. The number of aliphatic imine (C=N–C) groups is 1. The molecule has 0 rings (SSSR count). The lowest BCUT2D eigenvalue weighted by atomic mass is 10.0. The van der Waals surface area contributed by atoms with Crippen molar-refractivity contribution >= 4 is 35.6 Å². The van der Waals surface area contributed by atoms with E-state index in [0.29, 0.717) is 19.4 Å². The van der Waals surface area contributed by atoms with Gasteiger partial charge in [-0.3, -0.25) is 24.2 Å². The largest absolute Gasteiger partial charge is 0.481 e. The van der Waals surface area contributed by atoms with Crippen LogP contribution in [-0.4, -0.2) is 83.1 Å². The van der Waals surface area contributed by atoms with Crippen molar-refractivity contribution in [3.63, 3.8) is 0 Å². The molecule has 15 heteroatoms. The number of hydrogen-bond donors (Lipinski definition) is 9. The van der Waals surface area contributed by atoms with Gasteiger partial charge in [-0.05, 0) is 51.0 Å². The second-order valence-electron chi connectivity index (χ2n) is 8.96. The zero-order valence-corrected chi connectivity index (χ0v) is 21.4. The first-order chi connectivity index (χ1) is 17.3. The summed E-state index contributed by atoms with van der Waals surface area (Å²) in [6.45, 7) is 4.04. The van der Waals surface area contributed by atoms with Crippen LogP contribution in [0.4, 0.5) is 0 Å². The summed E-state index contributed by atoms with van der Waals surface area (Å²) in [5.41, 5.74) is 22.0. The quantitative estimate of drug-likeness (QED) is 0.0480. The predicted octanol–water partition coefficient (Wildman–Crippen LogP) is -2.44. The molecule has 0 aromatic rings. The molecule has 0 aromatic carbocycles. The van der Waals surface area contributed by atoms with Gasteiger partial charge in [0.1, 0.15) is 18.1 Å². The molecule has 0 saturated heterocycles. The number of hydrogen-bond acceptors (Lipinski definition) is 8. The Hall–Kier alpha value is -3.46. The number of guanidine groups is 1. The molecule has 15 nitrogen and oxygen atoms in total. The Morgan fingerprint density at radius 2 is 1.30 bits per heavy atom. The van der Waals surface area contributed by atoms with E-state index < -0.39 is 60.2 Å². The van der Waals surface area contributed by atoms with Crippen molar-refractivity contribution in [3.05, 3.63) is 0 Å². The smallest absolute Gasteiger partial charge is 0.326 e. The number of amides is 3. The van der Waals surface area contributed by atoms with E-state index in [0.717, 1.165) is 0 Å². The molecular weight excluding hydrogens is 488 g/mol. The fourth-order valence-corrected chi connectivity index (χ4v) is 3.17. The highest BCUT2D eigenvalue weighted by molar-refractivity contribution is 5.94. The summed E-state index contributed by atoms with van der Waals surface area (Å²) >= 11 is 0. The summed E-state index contributed by atoms with van der Waals surface area (Å²) in [6, 6.07) is -4.56. The molecule has 4 unspecified atom stereocenters. The van der Waals surface area contributed by atoms with E-state index in [2.05, 4.69) is 20.9 Å². The summed E-state index contributed by atoms with van der Waals surface area (Å²) in [5.74, 6) is -5.01. The number of nitrogens with zero attached hydrogens (tertiary/aromatic N) is 1. The SMILES string of the molecule is CC(C)C(N)C(=O)NC(CCCCN)C(=O)NC(CCCN=C(N)N)C(=O)NC(CCC(=O)O)C(=O)O. The minimum atomic E-state index is -1.48. The highest BCUT2D eigenvalue weighted by Gasteiger charge is 2.30. The van der Waals surface area contributed by atoms with Crippen molar-refractivity contribution in [3.8, 4) is 0 Å². The molecule has 0 aliphatic carbocycles. The van der Waals surface area contributed by atoms with Crippen LogP contribution in [0.1, 0.15) is 58.8 Å².